The fraction of sp³-hybridized carbons (Fsp3) is 0.458. The Kier molecular flexibility index (Phi) is 4.82. The van der Waals surface area contributed by atoms with Crippen LogP contribution in [0.2, 0.25) is 0 Å². The molecule has 0 N–H and O–H groups in total. The van der Waals surface area contributed by atoms with Gasteiger partial charge in [-0.3, -0.25) is 4.79 Å². The lowest BCUT2D eigenvalue weighted by Gasteiger charge is -2.32. The summed E-state index contributed by atoms with van der Waals surface area (Å²) in [5, 5.41) is 0. The first-order valence-corrected chi connectivity index (χ1v) is 10.9. The van der Waals surface area contributed by atoms with Crippen molar-refractivity contribution < 1.29 is 4.79 Å². The molecule has 0 bridgehead atoms. The molecule has 0 atom stereocenters. The molecule has 0 spiro atoms. The van der Waals surface area contributed by atoms with E-state index in [0.717, 1.165) is 73.6 Å². The summed E-state index contributed by atoms with van der Waals surface area (Å²) in [6, 6.07) is 12.6. The first kappa shape index (κ1) is 18.3. The minimum Gasteiger partial charge on any atom is -0.339 e. The molecule has 2 aliphatic rings. The predicted molar refractivity (Wildman–Crippen MR) is 114 cm³/mol. The van der Waals surface area contributed by atoms with Gasteiger partial charge in [-0.25, -0.2) is 9.97 Å². The summed E-state index contributed by atoms with van der Waals surface area (Å²) < 4.78 is 2.24. The van der Waals surface area contributed by atoms with Gasteiger partial charge in [0.15, 0.2) is 5.65 Å². The number of pyridine rings is 1. The first-order valence-electron chi connectivity index (χ1n) is 10.9. The summed E-state index contributed by atoms with van der Waals surface area (Å²) in [7, 11) is 0. The molecule has 0 saturated carbocycles. The van der Waals surface area contributed by atoms with E-state index in [4.69, 9.17) is 9.97 Å². The lowest BCUT2D eigenvalue weighted by Crippen LogP contribution is -2.38. The zero-order chi connectivity index (χ0) is 19.8. The second-order valence-electron chi connectivity index (χ2n) is 8.45. The Bertz CT molecular complexity index is 1030. The van der Waals surface area contributed by atoms with Crippen molar-refractivity contribution in [2.45, 2.75) is 57.9 Å². The molecule has 29 heavy (non-hydrogen) atoms. The first-order chi connectivity index (χ1) is 14.2. The SMILES string of the molecule is Cc1cc(C(=O)N2CCC(c3ccccc3)CC2)c2nc3n(c2n1)CCCCC3. The van der Waals surface area contributed by atoms with E-state index in [-0.39, 0.29) is 5.91 Å². The number of rotatable bonds is 2. The zero-order valence-electron chi connectivity index (χ0n) is 17.1. The van der Waals surface area contributed by atoms with Crippen molar-refractivity contribution in [2.75, 3.05) is 13.1 Å². The van der Waals surface area contributed by atoms with E-state index in [9.17, 15) is 4.79 Å². The highest BCUT2D eigenvalue weighted by molar-refractivity contribution is 6.04. The number of carbonyl (C=O) groups is 1. The van der Waals surface area contributed by atoms with Crippen LogP contribution in [0.3, 0.4) is 0 Å². The number of nitrogens with zero attached hydrogens (tertiary/aromatic N) is 4. The van der Waals surface area contributed by atoms with Gasteiger partial charge >= 0.3 is 0 Å². The standard InChI is InChI=1S/C24H28N4O/c1-17-16-20(22-23(25-17)28-13-7-3-6-10-21(28)26-22)24(29)27-14-11-19(12-15-27)18-8-4-2-5-9-18/h2,4-5,8-9,16,19H,3,6-7,10-15H2,1H3. The average Bonchev–Trinajstić information content (AvgIpc) is 2.94. The van der Waals surface area contributed by atoms with Gasteiger partial charge in [-0.15, -0.1) is 0 Å². The van der Waals surface area contributed by atoms with Crippen LogP contribution in [0, 0.1) is 6.92 Å². The normalized spacial score (nSPS) is 17.9. The van der Waals surface area contributed by atoms with E-state index in [1.807, 2.05) is 17.9 Å². The Morgan fingerprint density at radius 2 is 1.79 bits per heavy atom. The molecule has 1 fully saturated rings. The van der Waals surface area contributed by atoms with Crippen LogP contribution in [0.25, 0.3) is 11.2 Å². The third kappa shape index (κ3) is 3.43. The van der Waals surface area contributed by atoms with Gasteiger partial charge in [0, 0.05) is 31.7 Å². The van der Waals surface area contributed by atoms with Crippen LogP contribution in [-0.4, -0.2) is 38.4 Å². The molecule has 0 aliphatic carbocycles. The highest BCUT2D eigenvalue weighted by Gasteiger charge is 2.27. The molecule has 3 aromatic rings. The fourth-order valence-electron chi connectivity index (χ4n) is 4.89. The molecule has 150 valence electrons. The molecule has 4 heterocycles. The van der Waals surface area contributed by atoms with E-state index in [1.165, 1.54) is 18.4 Å². The number of benzene rings is 1. The molecule has 2 aliphatic heterocycles. The highest BCUT2D eigenvalue weighted by atomic mass is 16.2. The smallest absolute Gasteiger partial charge is 0.256 e. The number of aromatic nitrogens is 3. The summed E-state index contributed by atoms with van der Waals surface area (Å²) in [6.45, 7) is 4.54. The van der Waals surface area contributed by atoms with Crippen LogP contribution in [-0.2, 0) is 13.0 Å². The molecular weight excluding hydrogens is 360 g/mol. The third-order valence-corrected chi connectivity index (χ3v) is 6.48. The Morgan fingerprint density at radius 1 is 1.00 bits per heavy atom. The van der Waals surface area contributed by atoms with E-state index >= 15 is 0 Å². The Balaban J connectivity index is 1.41. The number of likely N-dealkylation sites (tertiary alicyclic amines) is 1. The molecule has 5 heteroatoms. The fourth-order valence-corrected chi connectivity index (χ4v) is 4.89. The second-order valence-corrected chi connectivity index (χ2v) is 8.45. The summed E-state index contributed by atoms with van der Waals surface area (Å²) in [5.74, 6) is 1.75. The lowest BCUT2D eigenvalue weighted by molar-refractivity contribution is 0.0714. The van der Waals surface area contributed by atoms with Gasteiger partial charge in [-0.2, -0.15) is 0 Å². The molecule has 5 nitrogen and oxygen atoms in total. The molecule has 1 aromatic carbocycles. The molecule has 2 aromatic heterocycles. The largest absolute Gasteiger partial charge is 0.339 e. The summed E-state index contributed by atoms with van der Waals surface area (Å²) in [6.07, 6.45) is 6.57. The molecule has 0 unspecified atom stereocenters. The van der Waals surface area contributed by atoms with Gasteiger partial charge < -0.3 is 9.47 Å². The molecule has 1 saturated heterocycles. The second kappa shape index (κ2) is 7.62. The maximum Gasteiger partial charge on any atom is 0.256 e. The number of amides is 1. The quantitative estimate of drug-likeness (QED) is 0.650. The van der Waals surface area contributed by atoms with Crippen molar-refractivity contribution in [1.29, 1.82) is 0 Å². The van der Waals surface area contributed by atoms with Gasteiger partial charge in [0.05, 0.1) is 5.56 Å². The van der Waals surface area contributed by atoms with Gasteiger partial charge in [0.25, 0.3) is 5.91 Å². The van der Waals surface area contributed by atoms with Crippen LogP contribution in [0.1, 0.15) is 65.5 Å². The Morgan fingerprint density at radius 3 is 2.59 bits per heavy atom. The molecule has 1 amide bonds. The van der Waals surface area contributed by atoms with Crippen molar-refractivity contribution >= 4 is 17.1 Å². The topological polar surface area (TPSA) is 51.0 Å². The monoisotopic (exact) mass is 388 g/mol. The number of hydrogen-bond acceptors (Lipinski definition) is 3. The third-order valence-electron chi connectivity index (χ3n) is 6.48. The van der Waals surface area contributed by atoms with Crippen LogP contribution in [0.4, 0.5) is 0 Å². The van der Waals surface area contributed by atoms with Crippen LogP contribution >= 0.6 is 0 Å². The molecule has 0 radical (unpaired) electrons. The van der Waals surface area contributed by atoms with Gasteiger partial charge in [0.2, 0.25) is 0 Å². The average molecular weight is 389 g/mol. The van der Waals surface area contributed by atoms with Crippen molar-refractivity contribution in [3.05, 3.63) is 59.0 Å². The van der Waals surface area contributed by atoms with Gasteiger partial charge in [0.1, 0.15) is 11.3 Å². The Labute approximate surface area is 171 Å². The maximum absolute atomic E-state index is 13.4. The van der Waals surface area contributed by atoms with Gasteiger partial charge in [-0.05, 0) is 50.2 Å². The van der Waals surface area contributed by atoms with Crippen LogP contribution in [0.5, 0.6) is 0 Å². The van der Waals surface area contributed by atoms with E-state index in [2.05, 4.69) is 34.9 Å². The Hall–Kier alpha value is -2.69. The predicted octanol–water partition coefficient (Wildman–Crippen LogP) is 4.49. The lowest BCUT2D eigenvalue weighted by atomic mass is 9.89. The number of aryl methyl sites for hydroxylation is 3. The minimum atomic E-state index is 0.111. The highest BCUT2D eigenvalue weighted by Crippen LogP contribution is 2.30. The molecular formula is C24H28N4O. The van der Waals surface area contributed by atoms with E-state index in [0.29, 0.717) is 5.92 Å². The number of fused-ring (bicyclic) bond motifs is 3. The number of hydrogen-bond donors (Lipinski definition) is 0. The maximum atomic E-state index is 13.4. The number of imidazole rings is 1. The van der Waals surface area contributed by atoms with E-state index < -0.39 is 0 Å². The zero-order valence-corrected chi connectivity index (χ0v) is 17.1. The minimum absolute atomic E-state index is 0.111. The van der Waals surface area contributed by atoms with Crippen molar-refractivity contribution in [3.63, 3.8) is 0 Å². The van der Waals surface area contributed by atoms with Crippen molar-refractivity contribution in [2.24, 2.45) is 0 Å². The van der Waals surface area contributed by atoms with Gasteiger partial charge in [-0.1, -0.05) is 36.8 Å². The van der Waals surface area contributed by atoms with Crippen molar-refractivity contribution in [3.8, 4) is 0 Å². The molecule has 5 rings (SSSR count). The summed E-state index contributed by atoms with van der Waals surface area (Å²) in [5.41, 5.74) is 4.70. The summed E-state index contributed by atoms with van der Waals surface area (Å²) >= 11 is 0. The van der Waals surface area contributed by atoms with Crippen molar-refractivity contribution in [1.82, 2.24) is 19.4 Å². The van der Waals surface area contributed by atoms with Crippen LogP contribution < -0.4 is 0 Å². The number of piperidine rings is 1. The van der Waals surface area contributed by atoms with E-state index in [1.54, 1.807) is 0 Å². The van der Waals surface area contributed by atoms with Crippen LogP contribution in [0.15, 0.2) is 36.4 Å². The summed E-state index contributed by atoms with van der Waals surface area (Å²) in [4.78, 5) is 25.1. The number of carbonyl (C=O) groups excluding carboxylic acids is 1.